The molecule has 4 aromatic rings. The second-order valence-corrected chi connectivity index (χ2v) is 11.8. The highest BCUT2D eigenvalue weighted by Gasteiger charge is 2.37. The van der Waals surface area contributed by atoms with E-state index in [0.29, 0.717) is 48.8 Å². The van der Waals surface area contributed by atoms with E-state index in [1.807, 2.05) is 0 Å². The van der Waals surface area contributed by atoms with Crippen LogP contribution in [0.15, 0.2) is 49.2 Å². The Kier molecular flexibility index (Phi) is 10.0. The van der Waals surface area contributed by atoms with Crippen molar-refractivity contribution in [3.05, 3.63) is 54.7 Å². The number of nitrogens with one attached hydrogen (secondary N) is 2. The molecule has 2 amide bonds. The van der Waals surface area contributed by atoms with Gasteiger partial charge in [0, 0.05) is 60.7 Å². The van der Waals surface area contributed by atoms with Crippen LogP contribution in [0.1, 0.15) is 51.6 Å². The van der Waals surface area contributed by atoms with E-state index in [1.165, 1.54) is 12.0 Å². The van der Waals surface area contributed by atoms with Gasteiger partial charge in [-0.3, -0.25) is 4.90 Å². The SMILES string of the molecule is COc1ncc(-c2ccc(N(C(=O)NCC(C)(C)O)[C@H]3CC[C@H](Nc4ncc(C(F)(F)F)c(-c5ccn(C(F)F)n5)n4)CC3)nc2)cn1. The van der Waals surface area contributed by atoms with E-state index >= 15 is 0 Å². The Morgan fingerprint density at radius 3 is 2.27 bits per heavy atom. The highest BCUT2D eigenvalue weighted by atomic mass is 19.4. The minimum Gasteiger partial charge on any atom is -0.467 e. The summed E-state index contributed by atoms with van der Waals surface area (Å²) in [7, 11) is 1.46. The number of carbonyl (C=O) groups is 1. The number of anilines is 2. The van der Waals surface area contributed by atoms with E-state index < -0.39 is 35.6 Å². The van der Waals surface area contributed by atoms with Crippen LogP contribution in [0.2, 0.25) is 0 Å². The summed E-state index contributed by atoms with van der Waals surface area (Å²) < 4.78 is 72.5. The Bertz CT molecular complexity index is 1690. The van der Waals surface area contributed by atoms with E-state index in [4.69, 9.17) is 4.74 Å². The number of carbonyl (C=O) groups excluding carboxylic acids is 1. The molecule has 1 aliphatic rings. The molecule has 0 bridgehead atoms. The molecule has 1 fully saturated rings. The molecule has 4 heterocycles. The molecule has 0 spiro atoms. The summed E-state index contributed by atoms with van der Waals surface area (Å²) in [6.45, 7) is 0.0921. The Morgan fingerprint density at radius 2 is 1.71 bits per heavy atom. The van der Waals surface area contributed by atoms with E-state index in [0.717, 1.165) is 12.3 Å². The van der Waals surface area contributed by atoms with Gasteiger partial charge >= 0.3 is 24.8 Å². The zero-order valence-electron chi connectivity index (χ0n) is 26.1. The number of pyridine rings is 1. The predicted molar refractivity (Wildman–Crippen MR) is 163 cm³/mol. The average molecular weight is 677 g/mol. The number of alkyl halides is 5. The molecule has 0 atom stereocenters. The van der Waals surface area contributed by atoms with E-state index in [-0.39, 0.29) is 41.0 Å². The minimum absolute atomic E-state index is 0.0103. The van der Waals surface area contributed by atoms with Crippen molar-refractivity contribution in [1.29, 1.82) is 0 Å². The normalized spacial score (nSPS) is 16.9. The Hall–Kier alpha value is -5.00. The summed E-state index contributed by atoms with van der Waals surface area (Å²) >= 11 is 0. The number of hydrogen-bond acceptors (Lipinski definition) is 10. The number of halogens is 5. The number of urea groups is 1. The van der Waals surface area contributed by atoms with Crippen molar-refractivity contribution in [2.24, 2.45) is 0 Å². The molecule has 18 heteroatoms. The summed E-state index contributed by atoms with van der Waals surface area (Å²) in [5.74, 6) is 0.254. The molecule has 4 aromatic heterocycles. The molecule has 0 radical (unpaired) electrons. The minimum atomic E-state index is -4.84. The van der Waals surface area contributed by atoms with E-state index in [2.05, 4.69) is 40.7 Å². The van der Waals surface area contributed by atoms with Crippen molar-refractivity contribution in [2.45, 2.75) is 69.9 Å². The van der Waals surface area contributed by atoms with Gasteiger partial charge in [-0.1, -0.05) is 0 Å². The third-order valence-electron chi connectivity index (χ3n) is 7.57. The Labute approximate surface area is 271 Å². The van der Waals surface area contributed by atoms with Crippen molar-refractivity contribution in [3.63, 3.8) is 0 Å². The van der Waals surface area contributed by atoms with Crippen LogP contribution in [0.3, 0.4) is 0 Å². The maximum absolute atomic E-state index is 13.7. The van der Waals surface area contributed by atoms with Crippen molar-refractivity contribution in [2.75, 3.05) is 23.9 Å². The van der Waals surface area contributed by atoms with Crippen LogP contribution in [0.4, 0.5) is 38.5 Å². The standard InChI is InChI=1S/C30H33F5N10O3/c1-29(2,47)16-40-28(46)45(23-9-4-17(12-36-23)18-13-38-27(48-3)39-14-18)20-7-5-19(6-8-20)41-26-37-15-21(30(33,34)35)24(42-26)22-10-11-44(43-22)25(31)32/h4,9-15,19-20,25,47H,5-8,16H2,1-3H3,(H,40,46)(H,37,41,42)/t19-,20-. The van der Waals surface area contributed by atoms with Gasteiger partial charge < -0.3 is 20.5 Å². The summed E-state index contributed by atoms with van der Waals surface area (Å²) in [5.41, 5.74) is -1.96. The van der Waals surface area contributed by atoms with Crippen molar-refractivity contribution in [1.82, 2.24) is 40.0 Å². The molecule has 13 nitrogen and oxygen atoms in total. The number of ether oxygens (including phenoxy) is 1. The lowest BCUT2D eigenvalue weighted by Gasteiger charge is -2.37. The smallest absolute Gasteiger partial charge is 0.420 e. The molecule has 1 aliphatic carbocycles. The quantitative estimate of drug-likeness (QED) is 0.188. The molecular weight excluding hydrogens is 643 g/mol. The summed E-state index contributed by atoms with van der Waals surface area (Å²) in [6, 6.07) is 3.68. The van der Waals surface area contributed by atoms with Crippen LogP contribution in [-0.4, -0.2) is 77.2 Å². The molecular formula is C30H33F5N10O3. The van der Waals surface area contributed by atoms with Gasteiger partial charge in [-0.2, -0.15) is 27.1 Å². The van der Waals surface area contributed by atoms with Crippen LogP contribution < -0.4 is 20.3 Å². The monoisotopic (exact) mass is 676 g/mol. The lowest BCUT2D eigenvalue weighted by atomic mass is 9.90. The molecule has 5 rings (SSSR count). The van der Waals surface area contributed by atoms with Gasteiger partial charge in [0.1, 0.15) is 22.8 Å². The first-order chi connectivity index (χ1) is 22.7. The lowest BCUT2D eigenvalue weighted by molar-refractivity contribution is -0.137. The zero-order valence-corrected chi connectivity index (χ0v) is 26.1. The molecule has 48 heavy (non-hydrogen) atoms. The fourth-order valence-corrected chi connectivity index (χ4v) is 5.19. The maximum Gasteiger partial charge on any atom is 0.420 e. The number of rotatable bonds is 10. The van der Waals surface area contributed by atoms with Gasteiger partial charge in [0.2, 0.25) is 5.95 Å². The Morgan fingerprint density at radius 1 is 1.02 bits per heavy atom. The van der Waals surface area contributed by atoms with Gasteiger partial charge in [-0.25, -0.2) is 34.4 Å². The lowest BCUT2D eigenvalue weighted by Crippen LogP contribution is -2.51. The second-order valence-electron chi connectivity index (χ2n) is 11.8. The fraction of sp³-hybridized carbons (Fsp3) is 0.433. The number of hydrogen-bond donors (Lipinski definition) is 3. The molecule has 256 valence electrons. The number of methoxy groups -OCH3 is 1. The zero-order chi connectivity index (χ0) is 34.6. The van der Waals surface area contributed by atoms with Gasteiger partial charge in [0.25, 0.3) is 0 Å². The highest BCUT2D eigenvalue weighted by molar-refractivity contribution is 5.91. The summed E-state index contributed by atoms with van der Waals surface area (Å²) in [6.07, 6.45) is 3.33. The number of aromatic nitrogens is 7. The predicted octanol–water partition coefficient (Wildman–Crippen LogP) is 5.32. The molecule has 3 N–H and O–H groups in total. The third-order valence-corrected chi connectivity index (χ3v) is 7.57. The number of aliphatic hydroxyl groups is 1. The number of nitrogens with zero attached hydrogens (tertiary/aromatic N) is 8. The summed E-state index contributed by atoms with van der Waals surface area (Å²) in [5, 5.41) is 19.5. The first-order valence-electron chi connectivity index (χ1n) is 14.9. The van der Waals surface area contributed by atoms with Crippen molar-refractivity contribution in [3.8, 4) is 28.5 Å². The largest absolute Gasteiger partial charge is 0.467 e. The van der Waals surface area contributed by atoms with Gasteiger partial charge in [0.15, 0.2) is 0 Å². The van der Waals surface area contributed by atoms with Gasteiger partial charge in [-0.05, 0) is 57.7 Å². The van der Waals surface area contributed by atoms with E-state index in [9.17, 15) is 31.9 Å². The second kappa shape index (κ2) is 14.0. The van der Waals surface area contributed by atoms with Crippen LogP contribution in [0.5, 0.6) is 6.01 Å². The highest BCUT2D eigenvalue weighted by Crippen LogP contribution is 2.36. The molecule has 0 aromatic carbocycles. The van der Waals surface area contributed by atoms with Gasteiger partial charge in [-0.15, -0.1) is 0 Å². The van der Waals surface area contributed by atoms with Crippen LogP contribution in [0.25, 0.3) is 22.5 Å². The van der Waals surface area contributed by atoms with Crippen LogP contribution in [0, 0.1) is 0 Å². The molecule has 1 saturated carbocycles. The van der Waals surface area contributed by atoms with Gasteiger partial charge in [0.05, 0.1) is 12.7 Å². The van der Waals surface area contributed by atoms with Crippen LogP contribution in [-0.2, 0) is 6.18 Å². The maximum atomic E-state index is 13.7. The van der Waals surface area contributed by atoms with Crippen molar-refractivity contribution < 1.29 is 36.6 Å². The Balaban J connectivity index is 1.32. The van der Waals surface area contributed by atoms with Crippen LogP contribution >= 0.6 is 0 Å². The fourth-order valence-electron chi connectivity index (χ4n) is 5.19. The first-order valence-corrected chi connectivity index (χ1v) is 14.9. The van der Waals surface area contributed by atoms with E-state index in [1.54, 1.807) is 44.6 Å². The third kappa shape index (κ3) is 8.28. The van der Waals surface area contributed by atoms with Crippen molar-refractivity contribution >= 4 is 17.8 Å². The number of amides is 2. The molecule has 0 aliphatic heterocycles. The molecule has 0 unspecified atom stereocenters. The average Bonchev–Trinajstić information content (AvgIpc) is 3.55. The summed E-state index contributed by atoms with van der Waals surface area (Å²) in [4.78, 5) is 35.6. The topological polar surface area (TPSA) is 156 Å². The molecule has 0 saturated heterocycles. The first kappa shape index (κ1) is 34.3.